The molecule has 0 unspecified atom stereocenters. The topological polar surface area (TPSA) is 142 Å². The molecule has 2 aromatic heterocycles. The highest BCUT2D eigenvalue weighted by atomic mass is 35.5. The Morgan fingerprint density at radius 2 is 1.82 bits per heavy atom. The van der Waals surface area contributed by atoms with Gasteiger partial charge in [0, 0.05) is 46.9 Å². The summed E-state index contributed by atoms with van der Waals surface area (Å²) in [7, 11) is 1.56. The van der Waals surface area contributed by atoms with Crippen molar-refractivity contribution in [2.45, 2.75) is 26.4 Å². The van der Waals surface area contributed by atoms with Gasteiger partial charge in [0.1, 0.15) is 18.0 Å². The molecular weight excluding hydrogens is 650 g/mol. The van der Waals surface area contributed by atoms with Crippen LogP contribution in [0.1, 0.15) is 20.8 Å². The zero-order chi connectivity index (χ0) is 34.5. The van der Waals surface area contributed by atoms with Crippen LogP contribution in [0.15, 0.2) is 60.8 Å². The van der Waals surface area contributed by atoms with Crippen molar-refractivity contribution in [1.29, 1.82) is 0 Å². The number of carbonyl (C=O) groups excluding carboxylic acids is 2. The molecule has 0 aliphatic carbocycles. The van der Waals surface area contributed by atoms with Crippen molar-refractivity contribution in [3.63, 3.8) is 0 Å². The van der Waals surface area contributed by atoms with Crippen LogP contribution in [-0.4, -0.2) is 94.7 Å². The molecule has 256 valence electrons. The van der Waals surface area contributed by atoms with E-state index in [0.717, 1.165) is 18.5 Å². The molecule has 49 heavy (non-hydrogen) atoms. The Hall–Kier alpha value is -4.98. The highest BCUT2D eigenvalue weighted by Gasteiger charge is 2.21. The Bertz CT molecular complexity index is 1990. The number of aromatic nitrogens is 4. The van der Waals surface area contributed by atoms with Crippen LogP contribution in [0.25, 0.3) is 33.2 Å². The summed E-state index contributed by atoms with van der Waals surface area (Å²) in [5, 5.41) is 12.1. The number of hydrogen-bond donors (Lipinski definition) is 2. The summed E-state index contributed by atoms with van der Waals surface area (Å²) in [6, 6.07) is 16.5. The van der Waals surface area contributed by atoms with Gasteiger partial charge in [-0.05, 0) is 57.2 Å². The third-order valence-electron chi connectivity index (χ3n) is 7.59. The molecule has 2 N–H and O–H groups in total. The van der Waals surface area contributed by atoms with Gasteiger partial charge in [-0.3, -0.25) is 9.69 Å². The number of nitrogens with one attached hydrogen (secondary N) is 2. The number of rotatable bonds is 10. The highest BCUT2D eigenvalue weighted by molar-refractivity contribution is 6.18. The monoisotopic (exact) mass is 687 g/mol. The number of nitrogens with zero attached hydrogens (tertiary/aromatic N) is 5. The van der Waals surface area contributed by atoms with Gasteiger partial charge in [-0.1, -0.05) is 12.1 Å². The Labute approximate surface area is 288 Å². The van der Waals surface area contributed by atoms with Gasteiger partial charge in [-0.25, -0.2) is 14.8 Å². The summed E-state index contributed by atoms with van der Waals surface area (Å²) >= 11 is 5.91. The molecule has 6 rings (SSSR count). The number of benzene rings is 3. The Morgan fingerprint density at radius 1 is 1.00 bits per heavy atom. The van der Waals surface area contributed by atoms with Gasteiger partial charge >= 0.3 is 6.09 Å². The molecule has 0 radical (unpaired) electrons. The molecule has 0 atom stereocenters. The van der Waals surface area contributed by atoms with Gasteiger partial charge in [0.2, 0.25) is 5.91 Å². The van der Waals surface area contributed by atoms with Crippen LogP contribution >= 0.6 is 11.6 Å². The summed E-state index contributed by atoms with van der Waals surface area (Å²) in [5.41, 5.74) is 2.56. The molecule has 0 bridgehead atoms. The average Bonchev–Trinajstić information content (AvgIpc) is 3.50. The first-order valence-electron chi connectivity index (χ1n) is 15.9. The van der Waals surface area contributed by atoms with Crippen LogP contribution in [0.2, 0.25) is 0 Å². The van der Waals surface area contributed by atoms with E-state index < -0.39 is 11.7 Å². The Balaban J connectivity index is 1.35. The maximum Gasteiger partial charge on any atom is 0.435 e. The van der Waals surface area contributed by atoms with Gasteiger partial charge in [0.15, 0.2) is 17.3 Å². The van der Waals surface area contributed by atoms with Gasteiger partial charge in [0.05, 0.1) is 50.0 Å². The number of amides is 1. The molecule has 0 spiro atoms. The number of hydrogen-bond acceptors (Lipinski definition) is 11. The molecule has 3 heterocycles. The Kier molecular flexibility index (Phi) is 10.1. The zero-order valence-corrected chi connectivity index (χ0v) is 28.5. The van der Waals surface area contributed by atoms with Crippen LogP contribution < -0.4 is 20.1 Å². The van der Waals surface area contributed by atoms with E-state index in [9.17, 15) is 9.59 Å². The first-order chi connectivity index (χ1) is 23.6. The van der Waals surface area contributed by atoms with Gasteiger partial charge in [0.25, 0.3) is 0 Å². The largest absolute Gasteiger partial charge is 0.493 e. The van der Waals surface area contributed by atoms with Gasteiger partial charge in [-0.15, -0.1) is 11.6 Å². The smallest absolute Gasteiger partial charge is 0.435 e. The summed E-state index contributed by atoms with van der Waals surface area (Å²) in [5.74, 6) is 2.11. The predicted molar refractivity (Wildman–Crippen MR) is 188 cm³/mol. The minimum Gasteiger partial charge on any atom is -0.493 e. The normalized spacial score (nSPS) is 13.7. The van der Waals surface area contributed by atoms with Crippen LogP contribution in [0.3, 0.4) is 0 Å². The number of anilines is 3. The fourth-order valence-electron chi connectivity index (χ4n) is 5.38. The third-order valence-corrected chi connectivity index (χ3v) is 7.74. The van der Waals surface area contributed by atoms with E-state index in [0.29, 0.717) is 75.6 Å². The van der Waals surface area contributed by atoms with Crippen LogP contribution in [0, 0.1) is 0 Å². The van der Waals surface area contributed by atoms with Crippen molar-refractivity contribution in [3.8, 4) is 22.9 Å². The van der Waals surface area contributed by atoms with E-state index in [2.05, 4.69) is 20.6 Å². The second kappa shape index (κ2) is 14.6. The minimum absolute atomic E-state index is 0.111. The fraction of sp³-hybridized carbons (Fsp3) is 0.343. The quantitative estimate of drug-likeness (QED) is 0.165. The van der Waals surface area contributed by atoms with Crippen molar-refractivity contribution in [1.82, 2.24) is 24.6 Å². The Morgan fingerprint density at radius 3 is 2.57 bits per heavy atom. The first kappa shape index (κ1) is 33.9. The standard InChI is InChI=1S/C35H38ClN7O6/c1-35(2,3)49-34(45)43-28-9-8-25(17-23(28)20-37-43)39-33-26-18-30(48-13-10-36)29(46-4)19-27(26)40-32(41-33)22-6-5-7-24(16-22)38-31(44)21-42-11-14-47-15-12-42/h5-9,16-20H,10-15,21H2,1-4H3,(H,38,44)(H,39,40,41). The van der Waals surface area contributed by atoms with Crippen LogP contribution in [0.4, 0.5) is 22.0 Å². The minimum atomic E-state index is -0.661. The molecule has 13 nitrogen and oxygen atoms in total. The second-order valence-electron chi connectivity index (χ2n) is 12.4. The van der Waals surface area contributed by atoms with Crippen molar-refractivity contribution in [3.05, 3.63) is 60.8 Å². The maximum atomic E-state index is 12.8. The molecule has 5 aromatic rings. The van der Waals surface area contributed by atoms with Crippen LogP contribution in [-0.2, 0) is 14.3 Å². The highest BCUT2D eigenvalue weighted by Crippen LogP contribution is 2.37. The summed E-state index contributed by atoms with van der Waals surface area (Å²) in [6.07, 6.45) is 1.04. The van der Waals surface area contributed by atoms with E-state index in [1.165, 1.54) is 4.68 Å². The number of halogens is 1. The van der Waals surface area contributed by atoms with Crippen molar-refractivity contribution in [2.24, 2.45) is 0 Å². The lowest BCUT2D eigenvalue weighted by atomic mass is 10.1. The number of methoxy groups -OCH3 is 1. The molecule has 1 fully saturated rings. The lowest BCUT2D eigenvalue weighted by Gasteiger charge is -2.25. The fourth-order valence-corrected chi connectivity index (χ4v) is 5.46. The van der Waals surface area contributed by atoms with Crippen molar-refractivity contribution in [2.75, 3.05) is 63.1 Å². The molecular formula is C35H38ClN7O6. The summed E-state index contributed by atoms with van der Waals surface area (Å²) in [6.45, 7) is 8.65. The number of alkyl halides is 1. The van der Waals surface area contributed by atoms with Gasteiger partial charge in [-0.2, -0.15) is 9.78 Å². The number of fused-ring (bicyclic) bond motifs is 2. The zero-order valence-electron chi connectivity index (χ0n) is 27.8. The first-order valence-corrected chi connectivity index (χ1v) is 16.4. The SMILES string of the molecule is COc1cc2nc(-c3cccc(NC(=O)CN4CCOCC4)c3)nc(Nc3ccc4c(cnn4C(=O)OC(C)(C)C)c3)c2cc1OCCCl. The molecule has 14 heteroatoms. The van der Waals surface area contributed by atoms with E-state index in [4.69, 9.17) is 40.5 Å². The molecule has 1 amide bonds. The molecule has 1 saturated heterocycles. The lowest BCUT2D eigenvalue weighted by Crippen LogP contribution is -2.41. The summed E-state index contributed by atoms with van der Waals surface area (Å²) < 4.78 is 23.6. The molecule has 1 aliphatic heterocycles. The summed E-state index contributed by atoms with van der Waals surface area (Å²) in [4.78, 5) is 37.5. The van der Waals surface area contributed by atoms with E-state index in [1.807, 2.05) is 42.5 Å². The van der Waals surface area contributed by atoms with Crippen LogP contribution in [0.5, 0.6) is 11.5 Å². The van der Waals surface area contributed by atoms with Crippen molar-refractivity contribution >= 4 is 62.6 Å². The number of morpholine rings is 1. The molecule has 0 saturated carbocycles. The predicted octanol–water partition coefficient (Wildman–Crippen LogP) is 6.07. The third kappa shape index (κ3) is 8.19. The average molecular weight is 688 g/mol. The molecule has 3 aromatic carbocycles. The number of carbonyl (C=O) groups is 2. The van der Waals surface area contributed by atoms with E-state index in [1.54, 1.807) is 46.2 Å². The molecule has 1 aliphatic rings. The second-order valence-corrected chi connectivity index (χ2v) is 12.8. The van der Waals surface area contributed by atoms with Crippen molar-refractivity contribution < 1.29 is 28.5 Å². The lowest BCUT2D eigenvalue weighted by molar-refractivity contribution is -0.118. The number of ether oxygens (including phenoxy) is 4. The van der Waals surface area contributed by atoms with E-state index >= 15 is 0 Å². The van der Waals surface area contributed by atoms with E-state index in [-0.39, 0.29) is 19.1 Å². The maximum absolute atomic E-state index is 12.8. The van der Waals surface area contributed by atoms with Gasteiger partial charge < -0.3 is 29.6 Å².